The van der Waals surface area contributed by atoms with Crippen molar-refractivity contribution in [3.8, 4) is 11.5 Å². The van der Waals surface area contributed by atoms with Crippen molar-refractivity contribution in [2.75, 3.05) is 30.3 Å². The highest BCUT2D eigenvalue weighted by molar-refractivity contribution is 9.10. The zero-order valence-electron chi connectivity index (χ0n) is 23.1. The fourth-order valence-corrected chi connectivity index (χ4v) is 6.83. The summed E-state index contributed by atoms with van der Waals surface area (Å²) in [5.74, 6) is -3.79. The molecule has 5 rings (SSSR count). The first-order valence-corrected chi connectivity index (χ1v) is 14.7. The number of anilines is 2. The number of aromatic hydroxyl groups is 1. The van der Waals surface area contributed by atoms with E-state index in [2.05, 4.69) is 15.9 Å². The predicted octanol–water partition coefficient (Wildman–Crippen LogP) is 4.94. The van der Waals surface area contributed by atoms with Gasteiger partial charge in [-0.25, -0.2) is 19.6 Å². The second kappa shape index (κ2) is 11.7. The fourth-order valence-electron chi connectivity index (χ4n) is 5.17. The molecule has 13 heteroatoms. The number of methoxy groups -OCH3 is 1. The zero-order valence-corrected chi connectivity index (χ0v) is 25.5. The first kappa shape index (κ1) is 29.5. The molecular formula is C29H27BrN2O9S. The summed E-state index contributed by atoms with van der Waals surface area (Å²) in [6, 6.07) is 11.4. The number of hydrogen-bond acceptors (Lipinski definition) is 11. The van der Waals surface area contributed by atoms with Crippen LogP contribution in [0.4, 0.5) is 10.7 Å². The van der Waals surface area contributed by atoms with E-state index in [1.807, 2.05) is 6.07 Å². The summed E-state index contributed by atoms with van der Waals surface area (Å²) < 4.78 is 16.0. The lowest BCUT2D eigenvalue weighted by molar-refractivity contribution is -0.126. The van der Waals surface area contributed by atoms with Crippen molar-refractivity contribution in [3.05, 3.63) is 68.5 Å². The van der Waals surface area contributed by atoms with Crippen molar-refractivity contribution in [1.82, 2.24) is 0 Å². The fraction of sp³-hybridized carbons (Fsp3) is 0.310. The van der Waals surface area contributed by atoms with E-state index in [0.29, 0.717) is 15.7 Å². The number of nitrogens with zero attached hydrogens (tertiary/aromatic N) is 2. The second-order valence-corrected chi connectivity index (χ2v) is 11.3. The third-order valence-electron chi connectivity index (χ3n) is 7.00. The number of ether oxygens (including phenoxy) is 3. The molecule has 2 amide bonds. The first-order chi connectivity index (χ1) is 20.1. The topological polar surface area (TPSA) is 132 Å². The maximum atomic E-state index is 14.2. The summed E-state index contributed by atoms with van der Waals surface area (Å²) in [7, 11) is 1.17. The molecule has 2 fully saturated rings. The average Bonchev–Trinajstić information content (AvgIpc) is 3.61. The van der Waals surface area contributed by atoms with Crippen molar-refractivity contribution in [2.45, 2.75) is 32.9 Å². The normalized spacial score (nSPS) is 19.7. The molecule has 2 aliphatic heterocycles. The van der Waals surface area contributed by atoms with Gasteiger partial charge in [0.05, 0.1) is 42.1 Å². The standard InChI is InChI=1S/C29H27BrN2O9S/c1-5-39-18-13-15(12-17(30)22(18)33)21-20-23(41-32(21)16-10-8-7-9-11-16)26(35)31(25(20)34)27-19(28(36)38-4)14(3)24(42-27)29(37)40-6-2/h7-13,20-21,23,33H,5-6H2,1-4H3/t20-,21+,23-/m1/s1. The molecular weight excluding hydrogens is 632 g/mol. The monoisotopic (exact) mass is 658 g/mol. The van der Waals surface area contributed by atoms with Crippen LogP contribution < -0.4 is 14.7 Å². The summed E-state index contributed by atoms with van der Waals surface area (Å²) >= 11 is 4.17. The van der Waals surface area contributed by atoms with Gasteiger partial charge in [-0.15, -0.1) is 11.3 Å². The second-order valence-electron chi connectivity index (χ2n) is 9.40. The van der Waals surface area contributed by atoms with Crippen LogP contribution in [0, 0.1) is 12.8 Å². The van der Waals surface area contributed by atoms with Crippen LogP contribution in [0.5, 0.6) is 11.5 Å². The van der Waals surface area contributed by atoms with Crippen LogP contribution in [0.15, 0.2) is 46.9 Å². The maximum absolute atomic E-state index is 14.2. The lowest BCUT2D eigenvalue weighted by Crippen LogP contribution is -2.37. The number of phenolic OH excluding ortho intramolecular Hbond substituents is 1. The molecule has 3 aromatic rings. The molecule has 0 radical (unpaired) electrons. The van der Waals surface area contributed by atoms with Gasteiger partial charge in [0.15, 0.2) is 17.6 Å². The number of carbonyl (C=O) groups is 4. The van der Waals surface area contributed by atoms with Gasteiger partial charge in [-0.3, -0.25) is 14.4 Å². The van der Waals surface area contributed by atoms with Crippen molar-refractivity contribution in [1.29, 1.82) is 0 Å². The molecule has 2 aliphatic rings. The molecule has 2 saturated heterocycles. The SMILES string of the molecule is CCOC(=O)c1sc(N2C(=O)[C@H]3[C@@H](ON(c4ccccc4)[C@H]3c3cc(Br)c(O)c(OCC)c3)C2=O)c(C(=O)OC)c1C. The molecule has 1 N–H and O–H groups in total. The van der Waals surface area contributed by atoms with Gasteiger partial charge in [0.1, 0.15) is 15.8 Å². The Bertz CT molecular complexity index is 1570. The Kier molecular flexibility index (Phi) is 8.26. The molecule has 3 heterocycles. The maximum Gasteiger partial charge on any atom is 0.348 e. The number of esters is 2. The quantitative estimate of drug-likeness (QED) is 0.262. The summed E-state index contributed by atoms with van der Waals surface area (Å²) in [5.41, 5.74) is 1.29. The van der Waals surface area contributed by atoms with E-state index in [9.17, 15) is 24.3 Å². The predicted molar refractivity (Wildman–Crippen MR) is 156 cm³/mol. The van der Waals surface area contributed by atoms with Crippen molar-refractivity contribution in [3.63, 3.8) is 0 Å². The van der Waals surface area contributed by atoms with E-state index in [-0.39, 0.29) is 45.7 Å². The molecule has 2 aromatic carbocycles. The molecule has 11 nitrogen and oxygen atoms in total. The molecule has 0 unspecified atom stereocenters. The Hall–Kier alpha value is -3.94. The van der Waals surface area contributed by atoms with E-state index in [0.717, 1.165) is 16.2 Å². The Morgan fingerprint density at radius 3 is 2.43 bits per heavy atom. The number of phenols is 1. The number of fused-ring (bicyclic) bond motifs is 1. The number of imide groups is 1. The number of halogens is 1. The Balaban J connectivity index is 1.65. The smallest absolute Gasteiger partial charge is 0.348 e. The van der Waals surface area contributed by atoms with Gasteiger partial charge in [-0.2, -0.15) is 0 Å². The third-order valence-corrected chi connectivity index (χ3v) is 8.86. The van der Waals surface area contributed by atoms with E-state index in [4.69, 9.17) is 19.0 Å². The van der Waals surface area contributed by atoms with Crippen LogP contribution in [-0.2, 0) is 23.9 Å². The van der Waals surface area contributed by atoms with Crippen LogP contribution in [-0.4, -0.2) is 55.3 Å². The largest absolute Gasteiger partial charge is 0.503 e. The van der Waals surface area contributed by atoms with E-state index >= 15 is 0 Å². The molecule has 1 aromatic heterocycles. The Labute approximate surface area is 253 Å². The number of rotatable bonds is 8. The van der Waals surface area contributed by atoms with E-state index in [1.165, 1.54) is 19.1 Å². The summed E-state index contributed by atoms with van der Waals surface area (Å²) in [6.07, 6.45) is -1.25. The van der Waals surface area contributed by atoms with Gasteiger partial charge in [0, 0.05) is 0 Å². The first-order valence-electron chi connectivity index (χ1n) is 13.1. The number of hydrogen-bond donors (Lipinski definition) is 1. The highest BCUT2D eigenvalue weighted by atomic mass is 79.9. The minimum absolute atomic E-state index is 0.0395. The number of thiophene rings is 1. The summed E-state index contributed by atoms with van der Waals surface area (Å²) in [5, 5.41) is 12.0. The lowest BCUT2D eigenvalue weighted by atomic mass is 9.90. The van der Waals surface area contributed by atoms with E-state index < -0.39 is 41.8 Å². The van der Waals surface area contributed by atoms with Gasteiger partial charge < -0.3 is 19.3 Å². The molecule has 0 spiro atoms. The molecule has 0 bridgehead atoms. The van der Waals surface area contributed by atoms with Gasteiger partial charge in [-0.05, 0) is 72.1 Å². The van der Waals surface area contributed by atoms with Crippen molar-refractivity contribution < 1.29 is 43.3 Å². The molecule has 42 heavy (non-hydrogen) atoms. The van der Waals surface area contributed by atoms with Crippen LogP contribution in [0.2, 0.25) is 0 Å². The Morgan fingerprint density at radius 2 is 1.79 bits per heavy atom. The molecule has 0 saturated carbocycles. The number of amides is 2. The van der Waals surface area contributed by atoms with Gasteiger partial charge >= 0.3 is 11.9 Å². The minimum atomic E-state index is -1.25. The Morgan fingerprint density at radius 1 is 1.07 bits per heavy atom. The van der Waals surface area contributed by atoms with Gasteiger partial charge in [0.25, 0.3) is 5.91 Å². The summed E-state index contributed by atoms with van der Waals surface area (Å²) in [4.78, 5) is 60.9. The van der Waals surface area contributed by atoms with Gasteiger partial charge in [-0.1, -0.05) is 18.2 Å². The van der Waals surface area contributed by atoms with Crippen LogP contribution in [0.25, 0.3) is 0 Å². The van der Waals surface area contributed by atoms with Crippen molar-refractivity contribution >= 4 is 61.7 Å². The van der Waals surface area contributed by atoms with E-state index in [1.54, 1.807) is 50.2 Å². The van der Waals surface area contributed by atoms with Crippen LogP contribution >= 0.6 is 27.3 Å². The van der Waals surface area contributed by atoms with Gasteiger partial charge in [0.2, 0.25) is 5.91 Å². The zero-order chi connectivity index (χ0) is 30.3. The number of benzene rings is 2. The van der Waals surface area contributed by atoms with Crippen LogP contribution in [0.1, 0.15) is 51.0 Å². The molecule has 3 atom stereocenters. The molecule has 0 aliphatic carbocycles. The summed E-state index contributed by atoms with van der Waals surface area (Å²) in [6.45, 7) is 5.33. The highest BCUT2D eigenvalue weighted by Crippen LogP contribution is 2.51. The average molecular weight is 660 g/mol. The lowest BCUT2D eigenvalue weighted by Gasteiger charge is -2.29. The van der Waals surface area contributed by atoms with Crippen LogP contribution in [0.3, 0.4) is 0 Å². The number of para-hydroxylation sites is 1. The minimum Gasteiger partial charge on any atom is -0.503 e. The molecule has 220 valence electrons. The number of carbonyl (C=O) groups excluding carboxylic acids is 4. The number of hydroxylamine groups is 1. The van der Waals surface area contributed by atoms with Crippen molar-refractivity contribution in [2.24, 2.45) is 5.92 Å². The third kappa shape index (κ3) is 4.80. The highest BCUT2D eigenvalue weighted by Gasteiger charge is 2.61.